The molecule has 0 amide bonds. The van der Waals surface area contributed by atoms with Crippen LogP contribution in [0.1, 0.15) is 5.56 Å². The van der Waals surface area contributed by atoms with Crippen LogP contribution in [0.2, 0.25) is 0 Å². The van der Waals surface area contributed by atoms with E-state index in [9.17, 15) is 0 Å². The average molecular weight is 587 g/mol. The Kier molecular flexibility index (Phi) is 6.07. The zero-order valence-electron chi connectivity index (χ0n) is 25.5. The Morgan fingerprint density at radius 2 is 0.913 bits per heavy atom. The second kappa shape index (κ2) is 10.6. The quantitative estimate of drug-likeness (QED) is 0.188. The van der Waals surface area contributed by atoms with Crippen molar-refractivity contribution in [3.63, 3.8) is 0 Å². The SMILES string of the molecule is Cc1cc(-c2c3ccccc3c(-c3ccc(-n4c5ccccc5c5ccccc54)cc3)c3ccccc23)ccc1-c1ccccn1. The lowest BCUT2D eigenvalue weighted by Crippen LogP contribution is -1.95. The van der Waals surface area contributed by atoms with Crippen molar-refractivity contribution in [2.45, 2.75) is 6.92 Å². The third-order valence-corrected chi connectivity index (χ3v) is 9.38. The fraction of sp³-hybridized carbons (Fsp3) is 0.0227. The average Bonchev–Trinajstić information content (AvgIpc) is 3.45. The minimum Gasteiger partial charge on any atom is -0.309 e. The van der Waals surface area contributed by atoms with E-state index in [-0.39, 0.29) is 0 Å². The molecule has 216 valence electrons. The van der Waals surface area contributed by atoms with Gasteiger partial charge in [-0.2, -0.15) is 0 Å². The fourth-order valence-electron chi connectivity index (χ4n) is 7.36. The van der Waals surface area contributed by atoms with Gasteiger partial charge in [0.2, 0.25) is 0 Å². The zero-order chi connectivity index (χ0) is 30.6. The van der Waals surface area contributed by atoms with E-state index >= 15 is 0 Å². The lowest BCUT2D eigenvalue weighted by molar-refractivity contribution is 1.18. The number of fused-ring (bicyclic) bond motifs is 5. The number of aryl methyl sites for hydroxylation is 1. The van der Waals surface area contributed by atoms with Crippen LogP contribution >= 0.6 is 0 Å². The monoisotopic (exact) mass is 586 g/mol. The first-order chi connectivity index (χ1) is 22.8. The van der Waals surface area contributed by atoms with Crippen LogP contribution in [-0.2, 0) is 0 Å². The van der Waals surface area contributed by atoms with Crippen molar-refractivity contribution < 1.29 is 0 Å². The van der Waals surface area contributed by atoms with Gasteiger partial charge in [-0.15, -0.1) is 0 Å². The van der Waals surface area contributed by atoms with E-state index in [0.717, 1.165) is 16.9 Å². The lowest BCUT2D eigenvalue weighted by atomic mass is 9.85. The molecule has 0 aliphatic rings. The third kappa shape index (κ3) is 4.08. The van der Waals surface area contributed by atoms with Gasteiger partial charge in [0, 0.05) is 28.2 Å². The molecule has 0 aliphatic heterocycles. The molecular weight excluding hydrogens is 556 g/mol. The van der Waals surface area contributed by atoms with Crippen LogP contribution in [0.4, 0.5) is 0 Å². The zero-order valence-corrected chi connectivity index (χ0v) is 25.5. The highest BCUT2D eigenvalue weighted by Gasteiger charge is 2.18. The molecule has 9 rings (SSSR count). The second-order valence-corrected chi connectivity index (χ2v) is 12.0. The molecule has 0 unspecified atom stereocenters. The van der Waals surface area contributed by atoms with E-state index in [1.165, 1.54) is 71.2 Å². The van der Waals surface area contributed by atoms with Crippen LogP contribution in [0.15, 0.2) is 164 Å². The number of para-hydroxylation sites is 2. The molecule has 0 radical (unpaired) electrons. The van der Waals surface area contributed by atoms with Crippen molar-refractivity contribution in [3.05, 3.63) is 169 Å². The van der Waals surface area contributed by atoms with Gasteiger partial charge >= 0.3 is 0 Å². The van der Waals surface area contributed by atoms with Crippen LogP contribution in [0.3, 0.4) is 0 Å². The van der Waals surface area contributed by atoms with Gasteiger partial charge in [-0.3, -0.25) is 4.98 Å². The van der Waals surface area contributed by atoms with Crippen molar-refractivity contribution in [2.24, 2.45) is 0 Å². The second-order valence-electron chi connectivity index (χ2n) is 12.0. The summed E-state index contributed by atoms with van der Waals surface area (Å²) in [5, 5.41) is 7.58. The van der Waals surface area contributed by atoms with Crippen molar-refractivity contribution in [1.82, 2.24) is 9.55 Å². The predicted octanol–water partition coefficient (Wildman–Crippen LogP) is 11.8. The smallest absolute Gasteiger partial charge is 0.0704 e. The Labute approximate surface area is 267 Å². The number of aromatic nitrogens is 2. The van der Waals surface area contributed by atoms with Gasteiger partial charge in [-0.1, -0.05) is 121 Å². The summed E-state index contributed by atoms with van der Waals surface area (Å²) in [7, 11) is 0. The molecule has 0 bridgehead atoms. The molecule has 9 aromatic rings. The first-order valence-corrected chi connectivity index (χ1v) is 15.8. The number of benzene rings is 7. The number of rotatable bonds is 4. The number of nitrogens with zero attached hydrogens (tertiary/aromatic N) is 2. The van der Waals surface area contributed by atoms with Gasteiger partial charge in [-0.05, 0) is 92.7 Å². The number of hydrogen-bond donors (Lipinski definition) is 0. The standard InChI is InChI=1S/C44H30N2/c1-29-28-31(23-26-33(29)40-18-10-11-27-45-40)44-38-16-4-2-14-36(38)43(37-15-3-5-17-39(37)44)30-21-24-32(25-22-30)46-41-19-8-6-12-34(41)35-13-7-9-20-42(35)46/h2-28H,1H3. The molecule has 0 N–H and O–H groups in total. The maximum Gasteiger partial charge on any atom is 0.0704 e. The molecule has 2 nitrogen and oxygen atoms in total. The summed E-state index contributed by atoms with van der Waals surface area (Å²) >= 11 is 0. The van der Waals surface area contributed by atoms with E-state index < -0.39 is 0 Å². The van der Waals surface area contributed by atoms with Crippen LogP contribution in [0.25, 0.3) is 82.5 Å². The van der Waals surface area contributed by atoms with E-state index in [4.69, 9.17) is 0 Å². The summed E-state index contributed by atoms with van der Waals surface area (Å²) in [6.45, 7) is 2.19. The Hall–Kier alpha value is -5.99. The highest BCUT2D eigenvalue weighted by atomic mass is 15.0. The largest absolute Gasteiger partial charge is 0.309 e. The molecule has 0 saturated heterocycles. The summed E-state index contributed by atoms with van der Waals surface area (Å²) in [6.07, 6.45) is 1.86. The summed E-state index contributed by atoms with van der Waals surface area (Å²) in [6, 6.07) is 57.1. The van der Waals surface area contributed by atoms with Crippen LogP contribution in [0.5, 0.6) is 0 Å². The molecule has 2 heteroatoms. The van der Waals surface area contributed by atoms with E-state index in [0.29, 0.717) is 0 Å². The predicted molar refractivity (Wildman–Crippen MR) is 195 cm³/mol. The molecule has 46 heavy (non-hydrogen) atoms. The normalized spacial score (nSPS) is 11.6. The van der Waals surface area contributed by atoms with Gasteiger partial charge in [0.1, 0.15) is 0 Å². The molecule has 7 aromatic carbocycles. The third-order valence-electron chi connectivity index (χ3n) is 9.38. The molecule has 0 atom stereocenters. The Morgan fingerprint density at radius 3 is 1.43 bits per heavy atom. The van der Waals surface area contributed by atoms with Crippen molar-refractivity contribution in [2.75, 3.05) is 0 Å². The highest BCUT2D eigenvalue weighted by Crippen LogP contribution is 2.44. The first kappa shape index (κ1) is 26.4. The Bertz CT molecular complexity index is 2460. The summed E-state index contributed by atoms with van der Waals surface area (Å²) in [5.74, 6) is 0. The highest BCUT2D eigenvalue weighted by molar-refractivity contribution is 6.21. The van der Waals surface area contributed by atoms with Gasteiger partial charge in [0.15, 0.2) is 0 Å². The number of hydrogen-bond acceptors (Lipinski definition) is 1. The first-order valence-electron chi connectivity index (χ1n) is 15.8. The maximum atomic E-state index is 4.61. The summed E-state index contributed by atoms with van der Waals surface area (Å²) in [5.41, 5.74) is 12.0. The van der Waals surface area contributed by atoms with Gasteiger partial charge in [0.05, 0.1) is 16.7 Å². The molecule has 0 saturated carbocycles. The maximum absolute atomic E-state index is 4.61. The molecule has 2 aromatic heterocycles. The lowest BCUT2D eigenvalue weighted by Gasteiger charge is -2.19. The number of pyridine rings is 1. The molecule has 0 spiro atoms. The van der Waals surface area contributed by atoms with Gasteiger partial charge in [0.25, 0.3) is 0 Å². The molecule has 2 heterocycles. The minimum absolute atomic E-state index is 1.00. The van der Waals surface area contributed by atoms with Gasteiger partial charge < -0.3 is 4.57 Å². The van der Waals surface area contributed by atoms with Crippen LogP contribution < -0.4 is 0 Å². The minimum atomic E-state index is 1.00. The Balaban J connectivity index is 1.24. The van der Waals surface area contributed by atoms with E-state index in [2.05, 4.69) is 162 Å². The fourth-order valence-corrected chi connectivity index (χ4v) is 7.36. The summed E-state index contributed by atoms with van der Waals surface area (Å²) in [4.78, 5) is 4.61. The van der Waals surface area contributed by atoms with E-state index in [1.807, 2.05) is 18.3 Å². The van der Waals surface area contributed by atoms with Crippen LogP contribution in [-0.4, -0.2) is 9.55 Å². The van der Waals surface area contributed by atoms with E-state index in [1.54, 1.807) is 0 Å². The van der Waals surface area contributed by atoms with Crippen molar-refractivity contribution in [1.29, 1.82) is 0 Å². The van der Waals surface area contributed by atoms with Gasteiger partial charge in [-0.25, -0.2) is 0 Å². The van der Waals surface area contributed by atoms with Crippen LogP contribution in [0, 0.1) is 6.92 Å². The Morgan fingerprint density at radius 1 is 0.435 bits per heavy atom. The molecule has 0 fully saturated rings. The molecular formula is C44H30N2. The molecule has 0 aliphatic carbocycles. The topological polar surface area (TPSA) is 17.8 Å². The van der Waals surface area contributed by atoms with Crippen molar-refractivity contribution in [3.8, 4) is 39.2 Å². The summed E-state index contributed by atoms with van der Waals surface area (Å²) < 4.78 is 2.38. The van der Waals surface area contributed by atoms with Crippen molar-refractivity contribution >= 4 is 43.4 Å².